The SMILES string of the molecule is CN(C)C(=O)Sc1ccccc1NC(=O)C1CC(=O)N(c2ccccc2F)C1. The van der Waals surface area contributed by atoms with Crippen LogP contribution in [0.4, 0.5) is 20.6 Å². The van der Waals surface area contributed by atoms with Crippen LogP contribution in [0.2, 0.25) is 0 Å². The molecule has 0 aromatic heterocycles. The van der Waals surface area contributed by atoms with Gasteiger partial charge in [0.2, 0.25) is 11.8 Å². The Labute approximate surface area is 166 Å². The number of anilines is 2. The molecule has 2 aromatic rings. The molecule has 1 saturated heterocycles. The van der Waals surface area contributed by atoms with Gasteiger partial charge >= 0.3 is 0 Å². The molecule has 8 heteroatoms. The molecule has 1 atom stereocenters. The average molecular weight is 401 g/mol. The van der Waals surface area contributed by atoms with E-state index in [4.69, 9.17) is 0 Å². The Kier molecular flexibility index (Phi) is 5.99. The van der Waals surface area contributed by atoms with Crippen LogP contribution < -0.4 is 10.2 Å². The summed E-state index contributed by atoms with van der Waals surface area (Å²) in [6.45, 7) is 0.109. The zero-order valence-electron chi connectivity index (χ0n) is 15.5. The summed E-state index contributed by atoms with van der Waals surface area (Å²) in [6, 6.07) is 13.0. The molecule has 1 aliphatic rings. The average Bonchev–Trinajstić information content (AvgIpc) is 3.05. The van der Waals surface area contributed by atoms with E-state index in [1.165, 1.54) is 21.9 Å². The Balaban J connectivity index is 1.72. The lowest BCUT2D eigenvalue weighted by Gasteiger charge is -2.18. The van der Waals surface area contributed by atoms with Gasteiger partial charge in [0, 0.05) is 32.0 Å². The molecule has 1 fully saturated rings. The van der Waals surface area contributed by atoms with Crippen LogP contribution in [0.1, 0.15) is 6.42 Å². The lowest BCUT2D eigenvalue weighted by atomic mass is 10.1. The number of para-hydroxylation sites is 2. The molecule has 28 heavy (non-hydrogen) atoms. The van der Waals surface area contributed by atoms with E-state index in [2.05, 4.69) is 5.32 Å². The van der Waals surface area contributed by atoms with Crippen molar-refractivity contribution in [2.45, 2.75) is 11.3 Å². The summed E-state index contributed by atoms with van der Waals surface area (Å²) in [7, 11) is 3.30. The molecule has 0 spiro atoms. The molecular weight excluding hydrogens is 381 g/mol. The molecular formula is C20H20FN3O3S. The van der Waals surface area contributed by atoms with E-state index in [1.54, 1.807) is 50.5 Å². The Bertz CT molecular complexity index is 919. The first kappa shape index (κ1) is 19.9. The third-order valence-corrected chi connectivity index (χ3v) is 5.46. The summed E-state index contributed by atoms with van der Waals surface area (Å²) >= 11 is 1.01. The van der Waals surface area contributed by atoms with Crippen molar-refractivity contribution in [1.29, 1.82) is 0 Å². The van der Waals surface area contributed by atoms with Crippen LogP contribution in [0.3, 0.4) is 0 Å². The fraction of sp³-hybridized carbons (Fsp3) is 0.250. The lowest BCUT2D eigenvalue weighted by Crippen LogP contribution is -2.28. The standard InChI is InChI=1S/C20H20FN3O3S/c1-23(2)20(27)28-17-10-6-4-8-15(17)22-19(26)13-11-18(25)24(12-13)16-9-5-3-7-14(16)21/h3-10,13H,11-12H2,1-2H3,(H,22,26). The summed E-state index contributed by atoms with van der Waals surface area (Å²) in [5.74, 6) is -1.73. The highest BCUT2D eigenvalue weighted by atomic mass is 32.2. The summed E-state index contributed by atoms with van der Waals surface area (Å²) in [4.78, 5) is 40.3. The number of rotatable bonds is 4. The van der Waals surface area contributed by atoms with Crippen molar-refractivity contribution in [1.82, 2.24) is 4.90 Å². The Morgan fingerprint density at radius 2 is 1.82 bits per heavy atom. The highest BCUT2D eigenvalue weighted by Gasteiger charge is 2.36. The van der Waals surface area contributed by atoms with Crippen molar-refractivity contribution in [3.8, 4) is 0 Å². The number of halogens is 1. The van der Waals surface area contributed by atoms with E-state index in [1.807, 2.05) is 0 Å². The van der Waals surface area contributed by atoms with Crippen LogP contribution in [0.25, 0.3) is 0 Å². The molecule has 1 heterocycles. The fourth-order valence-corrected chi connectivity index (χ4v) is 3.61. The molecule has 0 bridgehead atoms. The van der Waals surface area contributed by atoms with Crippen LogP contribution in [0.15, 0.2) is 53.4 Å². The van der Waals surface area contributed by atoms with Gasteiger partial charge in [-0.3, -0.25) is 14.4 Å². The van der Waals surface area contributed by atoms with E-state index in [9.17, 15) is 18.8 Å². The van der Waals surface area contributed by atoms with Crippen LogP contribution in [-0.4, -0.2) is 42.6 Å². The molecule has 2 aromatic carbocycles. The van der Waals surface area contributed by atoms with Gasteiger partial charge < -0.3 is 15.1 Å². The summed E-state index contributed by atoms with van der Waals surface area (Å²) < 4.78 is 14.0. The molecule has 146 valence electrons. The van der Waals surface area contributed by atoms with Crippen molar-refractivity contribution >= 4 is 40.2 Å². The van der Waals surface area contributed by atoms with Gasteiger partial charge in [0.1, 0.15) is 5.82 Å². The Hall–Kier alpha value is -2.87. The number of nitrogens with one attached hydrogen (secondary N) is 1. The lowest BCUT2D eigenvalue weighted by molar-refractivity contribution is -0.122. The van der Waals surface area contributed by atoms with Gasteiger partial charge in [-0.2, -0.15) is 0 Å². The molecule has 0 radical (unpaired) electrons. The highest BCUT2D eigenvalue weighted by molar-refractivity contribution is 8.13. The zero-order chi connectivity index (χ0) is 20.3. The third kappa shape index (κ3) is 4.33. The first-order valence-electron chi connectivity index (χ1n) is 8.70. The predicted molar refractivity (Wildman–Crippen MR) is 107 cm³/mol. The van der Waals surface area contributed by atoms with Gasteiger partial charge in [0.25, 0.3) is 5.24 Å². The number of carbonyl (C=O) groups excluding carboxylic acids is 3. The number of hydrogen-bond donors (Lipinski definition) is 1. The normalized spacial score (nSPS) is 16.2. The number of amides is 3. The van der Waals surface area contributed by atoms with Gasteiger partial charge in [0.05, 0.1) is 17.3 Å². The zero-order valence-corrected chi connectivity index (χ0v) is 16.3. The van der Waals surface area contributed by atoms with Crippen LogP contribution in [-0.2, 0) is 9.59 Å². The van der Waals surface area contributed by atoms with Gasteiger partial charge in [-0.05, 0) is 36.0 Å². The molecule has 6 nitrogen and oxygen atoms in total. The van der Waals surface area contributed by atoms with Crippen LogP contribution >= 0.6 is 11.8 Å². The number of hydrogen-bond acceptors (Lipinski definition) is 4. The van der Waals surface area contributed by atoms with E-state index < -0.39 is 11.7 Å². The first-order valence-corrected chi connectivity index (χ1v) is 9.52. The van der Waals surface area contributed by atoms with Crippen molar-refractivity contribution < 1.29 is 18.8 Å². The van der Waals surface area contributed by atoms with E-state index in [-0.39, 0.29) is 35.7 Å². The van der Waals surface area contributed by atoms with Crippen molar-refractivity contribution in [3.63, 3.8) is 0 Å². The number of nitrogens with zero attached hydrogens (tertiary/aromatic N) is 2. The monoisotopic (exact) mass is 401 g/mol. The molecule has 1 aliphatic heterocycles. The Morgan fingerprint density at radius 1 is 1.14 bits per heavy atom. The predicted octanol–water partition coefficient (Wildman–Crippen LogP) is 3.59. The van der Waals surface area contributed by atoms with Crippen molar-refractivity contribution in [3.05, 3.63) is 54.3 Å². The summed E-state index contributed by atoms with van der Waals surface area (Å²) in [5.41, 5.74) is 0.680. The third-order valence-electron chi connectivity index (χ3n) is 4.35. The second-order valence-corrected chi connectivity index (χ2v) is 7.60. The van der Waals surface area contributed by atoms with Crippen LogP contribution in [0, 0.1) is 11.7 Å². The number of benzene rings is 2. The second kappa shape index (κ2) is 8.43. The smallest absolute Gasteiger partial charge is 0.286 e. The minimum absolute atomic E-state index is 0.00606. The summed E-state index contributed by atoms with van der Waals surface area (Å²) in [6.07, 6.45) is 0.00606. The molecule has 3 amide bonds. The summed E-state index contributed by atoms with van der Waals surface area (Å²) in [5, 5.41) is 2.64. The molecule has 3 rings (SSSR count). The van der Waals surface area contributed by atoms with Crippen LogP contribution in [0.5, 0.6) is 0 Å². The first-order chi connectivity index (χ1) is 13.4. The molecule has 1 N–H and O–H groups in total. The molecule has 0 aliphatic carbocycles. The maximum atomic E-state index is 14.0. The highest BCUT2D eigenvalue weighted by Crippen LogP contribution is 2.31. The van der Waals surface area contributed by atoms with E-state index >= 15 is 0 Å². The largest absolute Gasteiger partial charge is 0.339 e. The van der Waals surface area contributed by atoms with Gasteiger partial charge in [-0.25, -0.2) is 4.39 Å². The minimum Gasteiger partial charge on any atom is -0.339 e. The Morgan fingerprint density at radius 3 is 2.54 bits per heavy atom. The van der Waals surface area contributed by atoms with E-state index in [0.29, 0.717) is 10.6 Å². The molecule has 0 saturated carbocycles. The topological polar surface area (TPSA) is 69.7 Å². The maximum Gasteiger partial charge on any atom is 0.286 e. The number of carbonyl (C=O) groups is 3. The van der Waals surface area contributed by atoms with Gasteiger partial charge in [0.15, 0.2) is 0 Å². The fourth-order valence-electron chi connectivity index (χ4n) is 2.87. The second-order valence-electron chi connectivity index (χ2n) is 6.60. The number of thioether (sulfide) groups is 1. The van der Waals surface area contributed by atoms with E-state index in [0.717, 1.165) is 11.8 Å². The van der Waals surface area contributed by atoms with Crippen molar-refractivity contribution in [2.24, 2.45) is 5.92 Å². The molecule has 1 unspecified atom stereocenters. The minimum atomic E-state index is -0.602. The van der Waals surface area contributed by atoms with Gasteiger partial charge in [-0.1, -0.05) is 24.3 Å². The quantitative estimate of drug-likeness (QED) is 0.795. The van der Waals surface area contributed by atoms with Crippen molar-refractivity contribution in [2.75, 3.05) is 30.9 Å². The van der Waals surface area contributed by atoms with Gasteiger partial charge in [-0.15, -0.1) is 0 Å². The maximum absolute atomic E-state index is 14.0.